The minimum atomic E-state index is 0.800. The van der Waals surface area contributed by atoms with Crippen molar-refractivity contribution in [2.24, 2.45) is 0 Å². The zero-order valence-corrected chi connectivity index (χ0v) is 17.6. The Kier molecular flexibility index (Phi) is 7.09. The second-order valence-electron chi connectivity index (χ2n) is 7.31. The topological polar surface area (TPSA) is 44.4 Å². The molecule has 3 rings (SSSR count). The highest BCUT2D eigenvalue weighted by Crippen LogP contribution is 2.30. The summed E-state index contributed by atoms with van der Waals surface area (Å²) in [7, 11) is 4.21. The summed E-state index contributed by atoms with van der Waals surface area (Å²) in [6, 6.07) is 16.2. The Hall–Kier alpha value is -3.05. The average molecular weight is 391 g/mol. The van der Waals surface area contributed by atoms with Crippen molar-refractivity contribution in [3.05, 3.63) is 66.9 Å². The van der Waals surface area contributed by atoms with E-state index in [1.807, 2.05) is 42.5 Å². The normalized spacial score (nSPS) is 10.9. The van der Waals surface area contributed by atoms with Crippen LogP contribution in [0.2, 0.25) is 0 Å². The summed E-state index contributed by atoms with van der Waals surface area (Å²) in [6.07, 6.45) is 4.76. The molecule has 1 heterocycles. The summed E-state index contributed by atoms with van der Waals surface area (Å²) in [6.45, 7) is 9.24. The van der Waals surface area contributed by atoms with Crippen LogP contribution in [0.5, 0.6) is 11.5 Å². The molecule has 5 heteroatoms. The molecule has 2 aromatic carbocycles. The van der Waals surface area contributed by atoms with E-state index in [0.29, 0.717) is 0 Å². The Morgan fingerprint density at radius 1 is 1.00 bits per heavy atom. The number of aromatic nitrogens is 2. The number of likely N-dealkylation sites (N-methyl/N-ethyl adjacent to an activating group) is 1. The van der Waals surface area contributed by atoms with E-state index in [4.69, 9.17) is 4.74 Å². The average Bonchev–Trinajstić information content (AvgIpc) is 3.26. The molecule has 0 saturated carbocycles. The van der Waals surface area contributed by atoms with Crippen molar-refractivity contribution in [2.45, 2.75) is 13.3 Å². The zero-order valence-electron chi connectivity index (χ0n) is 17.6. The lowest BCUT2D eigenvalue weighted by atomic mass is 10.1. The molecule has 0 spiro atoms. The van der Waals surface area contributed by atoms with Crippen LogP contribution in [-0.4, -0.2) is 48.8 Å². The van der Waals surface area contributed by atoms with Crippen molar-refractivity contribution in [3.63, 3.8) is 0 Å². The molecule has 0 atom stereocenters. The van der Waals surface area contributed by atoms with E-state index >= 15 is 0 Å². The van der Waals surface area contributed by atoms with Crippen LogP contribution >= 0.6 is 0 Å². The van der Waals surface area contributed by atoms with E-state index in [1.54, 1.807) is 6.20 Å². The zero-order chi connectivity index (χ0) is 20.6. The number of hydrogen-bond donors (Lipinski definition) is 1. The second kappa shape index (κ2) is 9.94. The molecule has 152 valence electrons. The predicted molar refractivity (Wildman–Crippen MR) is 122 cm³/mol. The molecule has 29 heavy (non-hydrogen) atoms. The van der Waals surface area contributed by atoms with E-state index in [9.17, 15) is 0 Å². The first-order valence-corrected chi connectivity index (χ1v) is 10.0. The van der Waals surface area contributed by atoms with E-state index in [-0.39, 0.29) is 0 Å². The first-order valence-electron chi connectivity index (χ1n) is 10.0. The fourth-order valence-corrected chi connectivity index (χ4v) is 3.25. The number of ether oxygens (including phenoxy) is 1. The van der Waals surface area contributed by atoms with Crippen LogP contribution in [-0.2, 0) is 0 Å². The number of aromatic amines is 1. The van der Waals surface area contributed by atoms with Gasteiger partial charge < -0.3 is 14.5 Å². The fraction of sp³-hybridized carbons (Fsp3) is 0.292. The van der Waals surface area contributed by atoms with Crippen molar-refractivity contribution >= 4 is 11.8 Å². The first-order chi connectivity index (χ1) is 14.1. The van der Waals surface area contributed by atoms with E-state index in [0.717, 1.165) is 54.4 Å². The highest BCUT2D eigenvalue weighted by Gasteiger charge is 2.11. The monoisotopic (exact) mass is 390 g/mol. The van der Waals surface area contributed by atoms with E-state index in [2.05, 4.69) is 59.7 Å². The third-order valence-corrected chi connectivity index (χ3v) is 4.77. The number of anilines is 1. The Bertz CT molecular complexity index is 901. The Morgan fingerprint density at radius 2 is 1.76 bits per heavy atom. The molecular formula is C24H30N4O. The van der Waals surface area contributed by atoms with Gasteiger partial charge in [0, 0.05) is 37.1 Å². The molecular weight excluding hydrogens is 360 g/mol. The Balaban J connectivity index is 1.76. The molecule has 0 amide bonds. The van der Waals surface area contributed by atoms with Gasteiger partial charge in [0.1, 0.15) is 11.5 Å². The second-order valence-corrected chi connectivity index (χ2v) is 7.31. The molecule has 0 aliphatic rings. The van der Waals surface area contributed by atoms with Gasteiger partial charge in [-0.1, -0.05) is 19.6 Å². The molecule has 0 aliphatic carbocycles. The van der Waals surface area contributed by atoms with Crippen molar-refractivity contribution in [1.82, 2.24) is 15.1 Å². The van der Waals surface area contributed by atoms with Gasteiger partial charge in [0.25, 0.3) is 0 Å². The molecule has 5 nitrogen and oxygen atoms in total. The fourth-order valence-electron chi connectivity index (χ4n) is 3.25. The van der Waals surface area contributed by atoms with Gasteiger partial charge in [0.2, 0.25) is 0 Å². The van der Waals surface area contributed by atoms with Gasteiger partial charge in [-0.2, -0.15) is 5.10 Å². The number of nitrogens with one attached hydrogen (secondary N) is 1. The lowest BCUT2D eigenvalue weighted by Crippen LogP contribution is -2.32. The maximum absolute atomic E-state index is 6.09. The van der Waals surface area contributed by atoms with E-state index in [1.165, 1.54) is 5.69 Å². The summed E-state index contributed by atoms with van der Waals surface area (Å²) in [4.78, 5) is 4.63. The van der Waals surface area contributed by atoms with Crippen LogP contribution in [0, 0.1) is 0 Å². The number of rotatable bonds is 10. The predicted octanol–water partition coefficient (Wildman–Crippen LogP) is 5.29. The maximum atomic E-state index is 6.09. The maximum Gasteiger partial charge on any atom is 0.128 e. The van der Waals surface area contributed by atoms with Gasteiger partial charge in [-0.25, -0.2) is 0 Å². The molecule has 3 aromatic rings. The number of H-pyrrole nitrogens is 1. The van der Waals surface area contributed by atoms with Crippen molar-refractivity contribution < 1.29 is 4.74 Å². The smallest absolute Gasteiger partial charge is 0.128 e. The molecule has 0 radical (unpaired) electrons. The minimum Gasteiger partial charge on any atom is -0.457 e. The lowest BCUT2D eigenvalue weighted by Gasteiger charge is -2.28. The summed E-state index contributed by atoms with van der Waals surface area (Å²) >= 11 is 0. The number of nitrogens with zero attached hydrogens (tertiary/aromatic N) is 3. The largest absolute Gasteiger partial charge is 0.457 e. The first kappa shape index (κ1) is 20.7. The number of hydrogen-bond acceptors (Lipinski definition) is 4. The highest BCUT2D eigenvalue weighted by molar-refractivity contribution is 5.69. The van der Waals surface area contributed by atoms with Crippen LogP contribution in [0.4, 0.5) is 5.69 Å². The third kappa shape index (κ3) is 5.48. The molecule has 0 unspecified atom stereocenters. The summed E-state index contributed by atoms with van der Waals surface area (Å²) in [5.41, 5.74) is 4.35. The van der Waals surface area contributed by atoms with Crippen molar-refractivity contribution in [2.75, 3.05) is 38.6 Å². The molecule has 0 fully saturated rings. The van der Waals surface area contributed by atoms with Gasteiger partial charge in [-0.05, 0) is 74.6 Å². The van der Waals surface area contributed by atoms with Gasteiger partial charge >= 0.3 is 0 Å². The minimum absolute atomic E-state index is 0.800. The number of benzene rings is 2. The van der Waals surface area contributed by atoms with Crippen LogP contribution < -0.4 is 9.64 Å². The van der Waals surface area contributed by atoms with Gasteiger partial charge in [-0.15, -0.1) is 0 Å². The van der Waals surface area contributed by atoms with Crippen LogP contribution in [0.3, 0.4) is 0 Å². The van der Waals surface area contributed by atoms with Crippen molar-refractivity contribution in [1.29, 1.82) is 0 Å². The summed E-state index contributed by atoms with van der Waals surface area (Å²) in [5.74, 6) is 1.61. The van der Waals surface area contributed by atoms with Crippen LogP contribution in [0.15, 0.2) is 61.3 Å². The van der Waals surface area contributed by atoms with Gasteiger partial charge in [0.15, 0.2) is 0 Å². The van der Waals surface area contributed by atoms with Crippen molar-refractivity contribution in [3.8, 4) is 22.8 Å². The Morgan fingerprint density at radius 3 is 2.38 bits per heavy atom. The van der Waals surface area contributed by atoms with Crippen LogP contribution in [0.25, 0.3) is 17.3 Å². The molecule has 0 aliphatic heterocycles. The summed E-state index contributed by atoms with van der Waals surface area (Å²) in [5, 5.41) is 6.97. The van der Waals surface area contributed by atoms with E-state index < -0.39 is 0 Å². The Labute approximate surface area is 173 Å². The molecule has 0 saturated heterocycles. The van der Waals surface area contributed by atoms with Gasteiger partial charge in [0.05, 0.1) is 5.69 Å². The SMILES string of the molecule is C=Cc1cc(Oc2ccc(-c3ccn[nH]3)cc2)ccc1N(CCC)CCN(C)C. The molecule has 1 N–H and O–H groups in total. The third-order valence-electron chi connectivity index (χ3n) is 4.77. The van der Waals surface area contributed by atoms with Gasteiger partial charge in [-0.3, -0.25) is 5.10 Å². The standard InChI is InChI=1S/C24H30N4O/c1-5-15-28(17-16-27(3)4)24-12-11-22(18-19(24)6-2)29-21-9-7-20(8-10-21)23-13-14-25-26-23/h6-14,18H,2,5,15-17H2,1,3-4H3,(H,25,26). The molecule has 0 bridgehead atoms. The van der Waals surface area contributed by atoms with Crippen LogP contribution in [0.1, 0.15) is 18.9 Å². The lowest BCUT2D eigenvalue weighted by molar-refractivity contribution is 0.413. The summed E-state index contributed by atoms with van der Waals surface area (Å²) < 4.78 is 6.09. The molecule has 1 aromatic heterocycles. The quantitative estimate of drug-likeness (QED) is 0.511. The highest BCUT2D eigenvalue weighted by atomic mass is 16.5.